The number of halogens is 1. The molecule has 0 fully saturated rings. The second-order valence-electron chi connectivity index (χ2n) is 3.68. The monoisotopic (exact) mass is 288 g/mol. The molecule has 1 N–H and O–H groups in total. The Labute approximate surface area is 105 Å². The zero-order valence-electron chi connectivity index (χ0n) is 9.79. The van der Waals surface area contributed by atoms with Crippen LogP contribution in [-0.2, 0) is 6.42 Å². The summed E-state index contributed by atoms with van der Waals surface area (Å²) in [6.45, 7) is 1.78. The molecule has 0 saturated heterocycles. The molecule has 90 valence electrons. The summed E-state index contributed by atoms with van der Waals surface area (Å²) in [5.41, 5.74) is 0.995. The summed E-state index contributed by atoms with van der Waals surface area (Å²) in [6, 6.07) is 3.81. The minimum atomic E-state index is -0.321. The maximum atomic E-state index is 9.30. The zero-order chi connectivity index (χ0) is 12.1. The van der Waals surface area contributed by atoms with E-state index in [1.54, 1.807) is 21.1 Å². The third kappa shape index (κ3) is 3.39. The van der Waals surface area contributed by atoms with Crippen molar-refractivity contribution < 1.29 is 14.6 Å². The molecule has 3 nitrogen and oxygen atoms in total. The Hall–Kier alpha value is -0.740. The molecule has 1 rings (SSSR count). The van der Waals surface area contributed by atoms with Gasteiger partial charge in [0, 0.05) is 10.0 Å². The molecule has 0 aliphatic carbocycles. The van der Waals surface area contributed by atoms with Crippen molar-refractivity contribution >= 4 is 15.9 Å². The van der Waals surface area contributed by atoms with Crippen molar-refractivity contribution in [2.45, 2.75) is 25.9 Å². The molecule has 0 spiro atoms. The second kappa shape index (κ2) is 6.11. The van der Waals surface area contributed by atoms with E-state index in [1.807, 2.05) is 12.1 Å². The Bertz CT molecular complexity index is 325. The minimum absolute atomic E-state index is 0.321. The molecule has 0 aliphatic heterocycles. The first-order valence-electron chi connectivity index (χ1n) is 5.17. The molecule has 16 heavy (non-hydrogen) atoms. The fourth-order valence-electron chi connectivity index (χ4n) is 1.55. The van der Waals surface area contributed by atoms with Gasteiger partial charge in [0.25, 0.3) is 0 Å². The fourth-order valence-corrected chi connectivity index (χ4v) is 1.97. The van der Waals surface area contributed by atoms with E-state index in [9.17, 15) is 5.11 Å². The number of benzene rings is 1. The molecule has 0 saturated carbocycles. The topological polar surface area (TPSA) is 38.7 Å². The second-order valence-corrected chi connectivity index (χ2v) is 4.59. The molecule has 1 aromatic rings. The predicted octanol–water partition coefficient (Wildman–Crippen LogP) is 2.78. The summed E-state index contributed by atoms with van der Waals surface area (Å²) in [4.78, 5) is 0. The van der Waals surface area contributed by atoms with Crippen LogP contribution in [0.2, 0.25) is 0 Å². The van der Waals surface area contributed by atoms with Crippen LogP contribution in [0.4, 0.5) is 0 Å². The lowest BCUT2D eigenvalue weighted by molar-refractivity contribution is 0.184. The Morgan fingerprint density at radius 3 is 2.12 bits per heavy atom. The van der Waals surface area contributed by atoms with Crippen LogP contribution in [0.15, 0.2) is 16.6 Å². The molecular formula is C12H17BrO3. The van der Waals surface area contributed by atoms with Gasteiger partial charge in [0.15, 0.2) is 0 Å². The Kier molecular flexibility index (Phi) is 5.09. The molecule has 0 amide bonds. The van der Waals surface area contributed by atoms with Gasteiger partial charge in [-0.15, -0.1) is 0 Å². The maximum absolute atomic E-state index is 9.30. The van der Waals surface area contributed by atoms with E-state index in [0.29, 0.717) is 6.42 Å². The largest absolute Gasteiger partial charge is 0.496 e. The summed E-state index contributed by atoms with van der Waals surface area (Å²) in [7, 11) is 3.26. The molecule has 4 heteroatoms. The molecule has 0 aliphatic rings. The highest BCUT2D eigenvalue weighted by Crippen LogP contribution is 2.33. The van der Waals surface area contributed by atoms with Crippen LogP contribution in [-0.4, -0.2) is 25.4 Å². The van der Waals surface area contributed by atoms with Crippen LogP contribution >= 0.6 is 15.9 Å². The molecule has 1 atom stereocenters. The summed E-state index contributed by atoms with van der Waals surface area (Å²) in [6.07, 6.45) is 1.10. The van der Waals surface area contributed by atoms with Crippen LogP contribution in [0.1, 0.15) is 18.9 Å². The van der Waals surface area contributed by atoms with Crippen LogP contribution < -0.4 is 9.47 Å². The van der Waals surface area contributed by atoms with Crippen LogP contribution in [0.25, 0.3) is 0 Å². The van der Waals surface area contributed by atoms with Crippen molar-refractivity contribution in [3.05, 3.63) is 22.2 Å². The van der Waals surface area contributed by atoms with Crippen molar-refractivity contribution in [2.24, 2.45) is 0 Å². The quantitative estimate of drug-likeness (QED) is 0.906. The van der Waals surface area contributed by atoms with Gasteiger partial charge in [0.05, 0.1) is 20.3 Å². The predicted molar refractivity (Wildman–Crippen MR) is 67.2 cm³/mol. The average Bonchev–Trinajstić information content (AvgIpc) is 2.25. The third-order valence-corrected chi connectivity index (χ3v) is 2.84. The van der Waals surface area contributed by atoms with Crippen molar-refractivity contribution in [3.63, 3.8) is 0 Å². The highest BCUT2D eigenvalue weighted by atomic mass is 79.9. The lowest BCUT2D eigenvalue weighted by Crippen LogP contribution is -2.04. The average molecular weight is 289 g/mol. The van der Waals surface area contributed by atoms with E-state index >= 15 is 0 Å². The van der Waals surface area contributed by atoms with E-state index in [-0.39, 0.29) is 6.10 Å². The smallest absolute Gasteiger partial charge is 0.126 e. The fraction of sp³-hybridized carbons (Fsp3) is 0.500. The Morgan fingerprint density at radius 2 is 1.75 bits per heavy atom. The lowest BCUT2D eigenvalue weighted by Gasteiger charge is -2.14. The normalized spacial score (nSPS) is 12.3. The molecule has 0 radical (unpaired) electrons. The van der Waals surface area contributed by atoms with Crippen molar-refractivity contribution in [1.82, 2.24) is 0 Å². The van der Waals surface area contributed by atoms with Crippen molar-refractivity contribution in [1.29, 1.82) is 0 Å². The number of aliphatic hydroxyl groups is 1. The van der Waals surface area contributed by atoms with Gasteiger partial charge < -0.3 is 14.6 Å². The summed E-state index contributed by atoms with van der Waals surface area (Å²) < 4.78 is 11.5. The van der Waals surface area contributed by atoms with Gasteiger partial charge in [0.2, 0.25) is 0 Å². The van der Waals surface area contributed by atoms with E-state index in [0.717, 1.165) is 28.0 Å². The SMILES string of the molecule is COc1cc(Br)cc(OC)c1CCC(C)O. The Balaban J connectivity index is 3.02. The number of rotatable bonds is 5. The van der Waals surface area contributed by atoms with Gasteiger partial charge >= 0.3 is 0 Å². The van der Waals surface area contributed by atoms with Gasteiger partial charge in [0.1, 0.15) is 11.5 Å². The van der Waals surface area contributed by atoms with Crippen molar-refractivity contribution in [3.8, 4) is 11.5 Å². The molecular weight excluding hydrogens is 272 g/mol. The minimum Gasteiger partial charge on any atom is -0.496 e. The van der Waals surface area contributed by atoms with Gasteiger partial charge in [-0.05, 0) is 31.9 Å². The number of hydrogen-bond acceptors (Lipinski definition) is 3. The molecule has 0 aromatic heterocycles. The highest BCUT2D eigenvalue weighted by molar-refractivity contribution is 9.10. The van der Waals surface area contributed by atoms with Crippen molar-refractivity contribution in [2.75, 3.05) is 14.2 Å². The number of ether oxygens (including phenoxy) is 2. The summed E-state index contributed by atoms with van der Waals surface area (Å²) in [5.74, 6) is 1.57. The van der Waals surface area contributed by atoms with Gasteiger partial charge in [-0.2, -0.15) is 0 Å². The standard InChI is InChI=1S/C12H17BrO3/c1-8(14)4-5-10-11(15-2)6-9(13)7-12(10)16-3/h6-8,14H,4-5H2,1-3H3. The highest BCUT2D eigenvalue weighted by Gasteiger charge is 2.12. The first-order chi connectivity index (χ1) is 7.58. The number of methoxy groups -OCH3 is 2. The first-order valence-corrected chi connectivity index (χ1v) is 5.96. The van der Waals surface area contributed by atoms with Crippen LogP contribution in [0, 0.1) is 0 Å². The van der Waals surface area contributed by atoms with Gasteiger partial charge in [-0.25, -0.2) is 0 Å². The number of hydrogen-bond donors (Lipinski definition) is 1. The van der Waals surface area contributed by atoms with E-state index in [2.05, 4.69) is 15.9 Å². The summed E-state index contributed by atoms with van der Waals surface area (Å²) >= 11 is 3.40. The summed E-state index contributed by atoms with van der Waals surface area (Å²) in [5, 5.41) is 9.30. The zero-order valence-corrected chi connectivity index (χ0v) is 11.4. The molecule has 0 bridgehead atoms. The molecule has 0 heterocycles. The van der Waals surface area contributed by atoms with Crippen LogP contribution in [0.3, 0.4) is 0 Å². The molecule has 1 unspecified atom stereocenters. The van der Waals surface area contributed by atoms with Gasteiger partial charge in [-0.1, -0.05) is 15.9 Å². The van der Waals surface area contributed by atoms with E-state index in [4.69, 9.17) is 9.47 Å². The van der Waals surface area contributed by atoms with E-state index < -0.39 is 0 Å². The Morgan fingerprint density at radius 1 is 1.25 bits per heavy atom. The third-order valence-electron chi connectivity index (χ3n) is 2.38. The molecule has 1 aromatic carbocycles. The maximum Gasteiger partial charge on any atom is 0.126 e. The number of aliphatic hydroxyl groups excluding tert-OH is 1. The van der Waals surface area contributed by atoms with Gasteiger partial charge in [-0.3, -0.25) is 0 Å². The van der Waals surface area contributed by atoms with E-state index in [1.165, 1.54) is 0 Å². The lowest BCUT2D eigenvalue weighted by atomic mass is 10.1. The van der Waals surface area contributed by atoms with Crippen LogP contribution in [0.5, 0.6) is 11.5 Å². The first kappa shape index (κ1) is 13.3.